The Morgan fingerprint density at radius 2 is 2.00 bits per heavy atom. The summed E-state index contributed by atoms with van der Waals surface area (Å²) < 4.78 is 10.7. The van der Waals surface area contributed by atoms with Gasteiger partial charge in [0, 0.05) is 5.69 Å². The van der Waals surface area contributed by atoms with E-state index in [0.717, 1.165) is 24.0 Å². The zero-order valence-corrected chi connectivity index (χ0v) is 12.9. The van der Waals surface area contributed by atoms with E-state index in [1.54, 1.807) is 12.1 Å². The summed E-state index contributed by atoms with van der Waals surface area (Å²) in [5.41, 5.74) is 8.38. The van der Waals surface area contributed by atoms with E-state index in [1.165, 1.54) is 0 Å². The van der Waals surface area contributed by atoms with E-state index < -0.39 is 5.63 Å². The lowest BCUT2D eigenvalue weighted by molar-refractivity contribution is 0.207. The zero-order chi connectivity index (χ0) is 16.2. The Morgan fingerprint density at radius 1 is 1.22 bits per heavy atom. The number of anilines is 1. The minimum atomic E-state index is -0.443. The first-order chi connectivity index (χ1) is 11.2. The second-order valence-corrected chi connectivity index (χ2v) is 5.37. The van der Waals surface area contributed by atoms with Crippen molar-refractivity contribution in [3.8, 4) is 6.08 Å². The molecule has 0 saturated heterocycles. The van der Waals surface area contributed by atoms with Crippen LogP contribution in [0.2, 0.25) is 0 Å². The van der Waals surface area contributed by atoms with Crippen LogP contribution in [0.1, 0.15) is 24.5 Å². The van der Waals surface area contributed by atoms with Gasteiger partial charge in [0.15, 0.2) is 0 Å². The second-order valence-electron chi connectivity index (χ2n) is 5.37. The summed E-state index contributed by atoms with van der Waals surface area (Å²) >= 11 is 0. The Hall–Kier alpha value is -2.82. The third-order valence-electron chi connectivity index (χ3n) is 3.54. The van der Waals surface area contributed by atoms with Crippen LogP contribution in [-0.2, 0) is 13.0 Å². The van der Waals surface area contributed by atoms with Crippen LogP contribution in [0.25, 0.3) is 10.9 Å². The maximum absolute atomic E-state index is 12.3. The number of fused-ring (bicyclic) bond motifs is 1. The van der Waals surface area contributed by atoms with Crippen LogP contribution in [-0.4, -0.2) is 4.98 Å². The highest BCUT2D eigenvalue weighted by atomic mass is 16.6. The van der Waals surface area contributed by atoms with Gasteiger partial charge >= 0.3 is 11.7 Å². The van der Waals surface area contributed by atoms with Crippen molar-refractivity contribution in [2.45, 2.75) is 26.4 Å². The largest absolute Gasteiger partial charge is 0.445 e. The highest BCUT2D eigenvalue weighted by Gasteiger charge is 2.12. The van der Waals surface area contributed by atoms with E-state index in [2.05, 4.69) is 4.98 Å². The van der Waals surface area contributed by atoms with Crippen molar-refractivity contribution >= 4 is 16.6 Å². The predicted octanol–water partition coefficient (Wildman–Crippen LogP) is 3.30. The van der Waals surface area contributed by atoms with Gasteiger partial charge in [-0.2, -0.15) is 4.98 Å². The normalized spacial score (nSPS) is 10.8. The van der Waals surface area contributed by atoms with Crippen molar-refractivity contribution in [1.29, 1.82) is 0 Å². The average Bonchev–Trinajstić information content (AvgIpc) is 2.53. The Balaban J connectivity index is 1.96. The van der Waals surface area contributed by atoms with Crippen molar-refractivity contribution in [1.82, 2.24) is 4.98 Å². The van der Waals surface area contributed by atoms with Gasteiger partial charge in [0.05, 0.1) is 10.9 Å². The molecule has 0 bridgehead atoms. The number of nitrogens with two attached hydrogens (primary N) is 1. The molecule has 1 heterocycles. The highest BCUT2D eigenvalue weighted by Crippen LogP contribution is 2.22. The molecule has 2 aromatic carbocycles. The summed E-state index contributed by atoms with van der Waals surface area (Å²) in [6.45, 7) is 2.33. The fourth-order valence-corrected chi connectivity index (χ4v) is 2.53. The lowest BCUT2D eigenvalue weighted by Gasteiger charge is -2.08. The molecule has 118 valence electrons. The molecule has 0 atom stereocenters. The molecule has 3 rings (SSSR count). The van der Waals surface area contributed by atoms with E-state index in [1.807, 2.05) is 37.3 Å². The maximum Gasteiger partial charge on any atom is 0.397 e. The van der Waals surface area contributed by atoms with Gasteiger partial charge in [-0.3, -0.25) is 0 Å². The molecule has 0 radical (unpaired) electrons. The number of rotatable bonds is 5. The SMILES string of the molecule is CCCc1cc(N)cc2nc(OCc3ccccc3)oc(=O)c12. The van der Waals surface area contributed by atoms with Crippen LogP contribution in [0.15, 0.2) is 51.7 Å². The molecule has 0 aliphatic heterocycles. The number of hydrogen-bond acceptors (Lipinski definition) is 5. The maximum atomic E-state index is 12.3. The molecule has 1 aromatic heterocycles. The molecule has 5 heteroatoms. The van der Waals surface area contributed by atoms with E-state index in [4.69, 9.17) is 14.9 Å². The van der Waals surface area contributed by atoms with Crippen LogP contribution in [0.3, 0.4) is 0 Å². The van der Waals surface area contributed by atoms with Crippen molar-refractivity contribution in [3.05, 3.63) is 64.0 Å². The molecule has 2 N–H and O–H groups in total. The number of nitrogens with zero attached hydrogens (tertiary/aromatic N) is 1. The van der Waals surface area contributed by atoms with Crippen molar-refractivity contribution < 1.29 is 9.15 Å². The minimum Gasteiger partial charge on any atom is -0.445 e. The van der Waals surface area contributed by atoms with Gasteiger partial charge in [-0.1, -0.05) is 43.7 Å². The van der Waals surface area contributed by atoms with Crippen LogP contribution in [0.4, 0.5) is 5.69 Å². The van der Waals surface area contributed by atoms with Gasteiger partial charge in [-0.25, -0.2) is 4.79 Å². The summed E-state index contributed by atoms with van der Waals surface area (Å²) in [4.78, 5) is 16.6. The fraction of sp³-hybridized carbons (Fsp3) is 0.222. The Morgan fingerprint density at radius 3 is 2.74 bits per heavy atom. The van der Waals surface area contributed by atoms with Crippen LogP contribution in [0.5, 0.6) is 6.08 Å². The Bertz CT molecular complexity index is 873. The summed E-state index contributed by atoms with van der Waals surface area (Å²) in [5, 5.41) is 0.480. The van der Waals surface area contributed by atoms with Crippen molar-refractivity contribution in [2.24, 2.45) is 0 Å². The average molecular weight is 310 g/mol. The summed E-state index contributed by atoms with van der Waals surface area (Å²) in [6.07, 6.45) is 1.61. The quantitative estimate of drug-likeness (QED) is 0.731. The molecule has 5 nitrogen and oxygen atoms in total. The molecular formula is C18H18N2O3. The van der Waals surface area contributed by atoms with Crippen LogP contribution < -0.4 is 16.1 Å². The topological polar surface area (TPSA) is 78.3 Å². The molecule has 0 saturated carbocycles. The standard InChI is InChI=1S/C18H18N2O3/c1-2-6-13-9-14(19)10-15-16(13)17(21)23-18(20-15)22-11-12-7-4-3-5-8-12/h3-5,7-10H,2,6,11,19H2,1H3. The number of hydrogen-bond donors (Lipinski definition) is 1. The van der Waals surface area contributed by atoms with E-state index in [9.17, 15) is 4.79 Å². The summed E-state index contributed by atoms with van der Waals surface area (Å²) in [5.74, 6) is 0. The first-order valence-electron chi connectivity index (χ1n) is 7.57. The van der Waals surface area contributed by atoms with Gasteiger partial charge in [-0.15, -0.1) is 0 Å². The first kappa shape index (κ1) is 15.1. The Labute approximate surface area is 133 Å². The molecule has 0 amide bonds. The molecule has 0 fully saturated rings. The molecule has 0 spiro atoms. The summed E-state index contributed by atoms with van der Waals surface area (Å²) in [6, 6.07) is 13.1. The van der Waals surface area contributed by atoms with Gasteiger partial charge in [0.25, 0.3) is 0 Å². The number of nitrogen functional groups attached to an aromatic ring is 1. The van der Waals surface area contributed by atoms with Crippen molar-refractivity contribution in [2.75, 3.05) is 5.73 Å². The first-order valence-corrected chi connectivity index (χ1v) is 7.57. The molecule has 0 aliphatic rings. The third kappa shape index (κ3) is 3.34. The van der Waals surface area contributed by atoms with Gasteiger partial charge < -0.3 is 14.9 Å². The lowest BCUT2D eigenvalue weighted by Crippen LogP contribution is -2.08. The molecule has 0 aliphatic carbocycles. The smallest absolute Gasteiger partial charge is 0.397 e. The van der Waals surface area contributed by atoms with Crippen LogP contribution in [0, 0.1) is 0 Å². The minimum absolute atomic E-state index is 0.0422. The number of benzene rings is 2. The van der Waals surface area contributed by atoms with E-state index in [-0.39, 0.29) is 12.7 Å². The zero-order valence-electron chi connectivity index (χ0n) is 12.9. The molecule has 3 aromatic rings. The highest BCUT2D eigenvalue weighted by molar-refractivity contribution is 5.84. The van der Waals surface area contributed by atoms with Crippen LogP contribution >= 0.6 is 0 Å². The number of aromatic nitrogens is 1. The third-order valence-corrected chi connectivity index (χ3v) is 3.54. The van der Waals surface area contributed by atoms with Gasteiger partial charge in [0.2, 0.25) is 0 Å². The molecule has 23 heavy (non-hydrogen) atoms. The molecular weight excluding hydrogens is 292 g/mol. The van der Waals surface area contributed by atoms with Gasteiger partial charge in [0.1, 0.15) is 6.61 Å². The fourth-order valence-electron chi connectivity index (χ4n) is 2.53. The van der Waals surface area contributed by atoms with E-state index in [0.29, 0.717) is 16.6 Å². The lowest BCUT2D eigenvalue weighted by atomic mass is 10.0. The van der Waals surface area contributed by atoms with Crippen molar-refractivity contribution in [3.63, 3.8) is 0 Å². The molecule has 0 unspecified atom stereocenters. The Kier molecular flexibility index (Phi) is 4.28. The van der Waals surface area contributed by atoms with E-state index >= 15 is 0 Å². The van der Waals surface area contributed by atoms with Gasteiger partial charge in [-0.05, 0) is 29.7 Å². The predicted molar refractivity (Wildman–Crippen MR) is 89.5 cm³/mol. The summed E-state index contributed by atoms with van der Waals surface area (Å²) in [7, 11) is 0. The monoisotopic (exact) mass is 310 g/mol. The second kappa shape index (κ2) is 6.52. The number of aryl methyl sites for hydroxylation is 1. The number of ether oxygens (including phenoxy) is 1.